The van der Waals surface area contributed by atoms with E-state index in [-0.39, 0.29) is 0 Å². The third-order valence-electron chi connectivity index (χ3n) is 3.11. The van der Waals surface area contributed by atoms with E-state index >= 15 is 0 Å². The van der Waals surface area contributed by atoms with Gasteiger partial charge in [0.1, 0.15) is 0 Å². The van der Waals surface area contributed by atoms with Crippen LogP contribution in [0, 0.1) is 13.0 Å². The summed E-state index contributed by atoms with van der Waals surface area (Å²) >= 11 is 0. The van der Waals surface area contributed by atoms with Crippen LogP contribution in [-0.2, 0) is 6.42 Å². The number of benzene rings is 2. The van der Waals surface area contributed by atoms with Crippen LogP contribution in [0.1, 0.15) is 16.7 Å². The fraction of sp³-hybridized carbons (Fsp3) is 0.125. The second-order valence-corrected chi connectivity index (χ2v) is 4.44. The highest BCUT2D eigenvalue weighted by molar-refractivity contribution is 5.82. The average Bonchev–Trinajstić information content (AvgIpc) is 2.81. The predicted molar refractivity (Wildman–Crippen MR) is 71.1 cm³/mol. The van der Waals surface area contributed by atoms with Crippen LogP contribution < -0.4 is 0 Å². The largest absolute Gasteiger partial charge is 0.360 e. The first kappa shape index (κ1) is 10.2. The van der Waals surface area contributed by atoms with Gasteiger partial charge in [0.05, 0.1) is 0 Å². The van der Waals surface area contributed by atoms with Gasteiger partial charge in [0.25, 0.3) is 0 Å². The monoisotopic (exact) mass is 220 g/mol. The maximum absolute atomic E-state index is 3.26. The third kappa shape index (κ3) is 1.96. The Morgan fingerprint density at radius 1 is 1.06 bits per heavy atom. The summed E-state index contributed by atoms with van der Waals surface area (Å²) in [6, 6.07) is 18.3. The van der Waals surface area contributed by atoms with E-state index in [1.807, 2.05) is 6.20 Å². The van der Waals surface area contributed by atoms with E-state index in [1.165, 1.54) is 22.2 Å². The summed E-state index contributed by atoms with van der Waals surface area (Å²) in [5.74, 6) is 0. The maximum Gasteiger partial charge on any atom is 0.0496 e. The van der Waals surface area contributed by atoms with Crippen molar-refractivity contribution in [2.75, 3.05) is 0 Å². The van der Waals surface area contributed by atoms with Crippen LogP contribution in [0.3, 0.4) is 0 Å². The number of fused-ring (bicyclic) bond motifs is 1. The zero-order chi connectivity index (χ0) is 11.7. The highest BCUT2D eigenvalue weighted by Gasteiger charge is 2.02. The number of hydrogen-bond donors (Lipinski definition) is 1. The van der Waals surface area contributed by atoms with Gasteiger partial charge in [-0.05, 0) is 24.5 Å². The first-order chi connectivity index (χ1) is 8.33. The second-order valence-electron chi connectivity index (χ2n) is 4.44. The van der Waals surface area contributed by atoms with E-state index < -0.39 is 0 Å². The molecule has 0 spiro atoms. The Bertz CT molecular complexity index is 632. The fourth-order valence-electron chi connectivity index (χ4n) is 2.15. The SMILES string of the molecule is Cc1ccc(Cc2cccc3[c]c[nH]c23)cc1. The first-order valence-corrected chi connectivity index (χ1v) is 5.85. The average molecular weight is 220 g/mol. The second kappa shape index (κ2) is 4.10. The molecular weight excluding hydrogens is 206 g/mol. The molecule has 1 aromatic heterocycles. The Hall–Kier alpha value is -2.02. The molecule has 83 valence electrons. The minimum Gasteiger partial charge on any atom is -0.360 e. The van der Waals surface area contributed by atoms with Crippen molar-refractivity contribution in [2.45, 2.75) is 13.3 Å². The molecule has 1 heterocycles. The lowest BCUT2D eigenvalue weighted by atomic mass is 10.0. The number of rotatable bonds is 2. The fourth-order valence-corrected chi connectivity index (χ4v) is 2.15. The Morgan fingerprint density at radius 2 is 1.88 bits per heavy atom. The zero-order valence-electron chi connectivity index (χ0n) is 9.83. The summed E-state index contributed by atoms with van der Waals surface area (Å²) in [5, 5.41) is 1.16. The maximum atomic E-state index is 3.26. The van der Waals surface area contributed by atoms with Gasteiger partial charge < -0.3 is 4.98 Å². The number of aromatic amines is 1. The Kier molecular flexibility index (Phi) is 2.45. The molecule has 1 N–H and O–H groups in total. The first-order valence-electron chi connectivity index (χ1n) is 5.85. The molecule has 1 nitrogen and oxygen atoms in total. The smallest absolute Gasteiger partial charge is 0.0496 e. The normalized spacial score (nSPS) is 10.9. The molecule has 0 aliphatic heterocycles. The molecule has 1 radical (unpaired) electrons. The van der Waals surface area contributed by atoms with E-state index in [1.54, 1.807) is 0 Å². The van der Waals surface area contributed by atoms with E-state index in [2.05, 4.69) is 60.4 Å². The molecule has 2 aromatic carbocycles. The van der Waals surface area contributed by atoms with Gasteiger partial charge in [-0.25, -0.2) is 0 Å². The molecule has 0 atom stereocenters. The van der Waals surface area contributed by atoms with Gasteiger partial charge in [-0.1, -0.05) is 48.0 Å². The van der Waals surface area contributed by atoms with Crippen molar-refractivity contribution in [3.05, 3.63) is 71.4 Å². The molecule has 3 rings (SSSR count). The number of para-hydroxylation sites is 1. The quantitative estimate of drug-likeness (QED) is 0.675. The molecule has 0 saturated heterocycles. The van der Waals surface area contributed by atoms with Gasteiger partial charge in [-0.15, -0.1) is 0 Å². The molecule has 0 aliphatic carbocycles. The summed E-state index contributed by atoms with van der Waals surface area (Å²) < 4.78 is 0. The number of hydrogen-bond acceptors (Lipinski definition) is 0. The van der Waals surface area contributed by atoms with Crippen LogP contribution in [0.15, 0.2) is 48.7 Å². The summed E-state index contributed by atoms with van der Waals surface area (Å²) in [6.45, 7) is 2.12. The number of nitrogens with one attached hydrogen (secondary N) is 1. The Labute approximate surface area is 101 Å². The van der Waals surface area contributed by atoms with E-state index in [0.717, 1.165) is 11.8 Å². The summed E-state index contributed by atoms with van der Waals surface area (Å²) in [6.07, 6.45) is 2.84. The highest BCUT2D eigenvalue weighted by Crippen LogP contribution is 2.19. The third-order valence-corrected chi connectivity index (χ3v) is 3.11. The minimum atomic E-state index is 0.964. The van der Waals surface area contributed by atoms with Crippen molar-refractivity contribution in [1.82, 2.24) is 4.98 Å². The van der Waals surface area contributed by atoms with E-state index in [9.17, 15) is 0 Å². The topological polar surface area (TPSA) is 15.8 Å². The molecule has 0 fully saturated rings. The predicted octanol–water partition coefficient (Wildman–Crippen LogP) is 3.87. The van der Waals surface area contributed by atoms with Crippen LogP contribution in [0.25, 0.3) is 10.9 Å². The van der Waals surface area contributed by atoms with Gasteiger partial charge in [0, 0.05) is 23.2 Å². The number of H-pyrrole nitrogens is 1. The molecule has 0 bridgehead atoms. The van der Waals surface area contributed by atoms with Crippen molar-refractivity contribution < 1.29 is 0 Å². The molecular formula is C16H14N. The molecule has 0 saturated carbocycles. The van der Waals surface area contributed by atoms with Crippen molar-refractivity contribution >= 4 is 10.9 Å². The van der Waals surface area contributed by atoms with Crippen LogP contribution in [0.2, 0.25) is 0 Å². The summed E-state index contributed by atoms with van der Waals surface area (Å²) in [7, 11) is 0. The summed E-state index contributed by atoms with van der Waals surface area (Å²) in [5.41, 5.74) is 5.18. The molecule has 1 heteroatoms. The van der Waals surface area contributed by atoms with Gasteiger partial charge in [-0.3, -0.25) is 0 Å². The van der Waals surface area contributed by atoms with Crippen LogP contribution in [-0.4, -0.2) is 4.98 Å². The van der Waals surface area contributed by atoms with Crippen molar-refractivity contribution in [2.24, 2.45) is 0 Å². The van der Waals surface area contributed by atoms with Crippen LogP contribution in [0.5, 0.6) is 0 Å². The van der Waals surface area contributed by atoms with Gasteiger partial charge in [0.2, 0.25) is 0 Å². The lowest BCUT2D eigenvalue weighted by molar-refractivity contribution is 1.19. The van der Waals surface area contributed by atoms with Crippen molar-refractivity contribution in [3.63, 3.8) is 0 Å². The van der Waals surface area contributed by atoms with E-state index in [4.69, 9.17) is 0 Å². The lowest BCUT2D eigenvalue weighted by Crippen LogP contribution is -1.89. The molecule has 0 unspecified atom stereocenters. The molecule has 0 aliphatic rings. The molecule has 3 aromatic rings. The Balaban J connectivity index is 1.99. The van der Waals surface area contributed by atoms with Crippen molar-refractivity contribution in [3.8, 4) is 0 Å². The summed E-state index contributed by atoms with van der Waals surface area (Å²) in [4.78, 5) is 3.26. The Morgan fingerprint density at radius 3 is 2.71 bits per heavy atom. The van der Waals surface area contributed by atoms with Crippen LogP contribution >= 0.6 is 0 Å². The van der Waals surface area contributed by atoms with Gasteiger partial charge >= 0.3 is 0 Å². The number of aryl methyl sites for hydroxylation is 1. The highest BCUT2D eigenvalue weighted by atomic mass is 14.7. The molecule has 0 amide bonds. The standard InChI is InChI=1S/C16H14N/c1-12-5-7-13(8-6-12)11-15-4-2-3-14-9-10-17-16(14)15/h2-8,10,17H,11H2,1H3. The van der Waals surface area contributed by atoms with E-state index in [0.29, 0.717) is 0 Å². The lowest BCUT2D eigenvalue weighted by Gasteiger charge is -2.04. The number of aromatic nitrogens is 1. The minimum absolute atomic E-state index is 0.964. The van der Waals surface area contributed by atoms with Gasteiger partial charge in [0.15, 0.2) is 0 Å². The van der Waals surface area contributed by atoms with Gasteiger partial charge in [-0.2, -0.15) is 0 Å². The zero-order valence-corrected chi connectivity index (χ0v) is 9.83. The molecule has 17 heavy (non-hydrogen) atoms. The van der Waals surface area contributed by atoms with Crippen molar-refractivity contribution in [1.29, 1.82) is 0 Å². The van der Waals surface area contributed by atoms with Crippen LogP contribution in [0.4, 0.5) is 0 Å².